The lowest BCUT2D eigenvalue weighted by atomic mass is 10.1. The summed E-state index contributed by atoms with van der Waals surface area (Å²) in [6, 6.07) is 7.37. The Morgan fingerprint density at radius 2 is 1.70 bits per heavy atom. The highest BCUT2D eigenvalue weighted by Gasteiger charge is 2.30. The molecule has 0 aliphatic rings. The van der Waals surface area contributed by atoms with Gasteiger partial charge in [0.05, 0.1) is 0 Å². The summed E-state index contributed by atoms with van der Waals surface area (Å²) in [6.45, 7) is 5.60. The zero-order valence-electron chi connectivity index (χ0n) is 11.1. The molecule has 0 N–H and O–H groups in total. The van der Waals surface area contributed by atoms with Crippen molar-refractivity contribution in [3.8, 4) is 11.4 Å². The molecule has 1 heterocycles. The number of hydrogen-bond acceptors (Lipinski definition) is 4. The van der Waals surface area contributed by atoms with Crippen LogP contribution in [-0.4, -0.2) is 23.2 Å². The number of rotatable bonds is 2. The van der Waals surface area contributed by atoms with Crippen LogP contribution in [-0.2, 0) is 14.6 Å². The van der Waals surface area contributed by atoms with Gasteiger partial charge < -0.3 is 0 Å². The molecule has 0 atom stereocenters. The van der Waals surface area contributed by atoms with Crippen LogP contribution in [0.1, 0.15) is 20.8 Å². The van der Waals surface area contributed by atoms with Crippen molar-refractivity contribution < 1.29 is 8.42 Å². The van der Waals surface area contributed by atoms with Crippen molar-refractivity contribution in [2.24, 2.45) is 0 Å². The molecule has 0 spiro atoms. The molecule has 2 rings (SSSR count). The number of nitrogens with zero attached hydrogens (tertiary/aromatic N) is 3. The molecule has 20 heavy (non-hydrogen) atoms. The van der Waals surface area contributed by atoms with Crippen LogP contribution in [0.2, 0.25) is 0 Å². The normalized spacial score (nSPS) is 12.7. The molecular formula is C12H13BrClN3O2S. The highest BCUT2D eigenvalue weighted by atomic mass is 79.9. The van der Waals surface area contributed by atoms with Gasteiger partial charge in [0, 0.05) is 26.3 Å². The third-order valence-corrected chi connectivity index (χ3v) is 4.27. The molecule has 0 aliphatic heterocycles. The van der Waals surface area contributed by atoms with Crippen molar-refractivity contribution in [3.05, 3.63) is 28.7 Å². The first kappa shape index (κ1) is 15.5. The van der Waals surface area contributed by atoms with Gasteiger partial charge in [0.2, 0.25) is 0 Å². The number of halogens is 2. The molecule has 108 valence electrons. The van der Waals surface area contributed by atoms with Crippen LogP contribution in [0.5, 0.6) is 0 Å². The van der Waals surface area contributed by atoms with Crippen molar-refractivity contribution in [1.82, 2.24) is 14.8 Å². The fourth-order valence-corrected chi connectivity index (χ4v) is 3.10. The first-order valence-corrected chi connectivity index (χ1v) is 8.87. The quantitative estimate of drug-likeness (QED) is 0.751. The summed E-state index contributed by atoms with van der Waals surface area (Å²) in [4.78, 5) is 0. The van der Waals surface area contributed by atoms with E-state index in [0.29, 0.717) is 5.82 Å². The maximum atomic E-state index is 11.6. The van der Waals surface area contributed by atoms with Crippen LogP contribution in [0, 0.1) is 0 Å². The maximum Gasteiger partial charge on any atom is 0.296 e. The summed E-state index contributed by atoms with van der Waals surface area (Å²) in [5.74, 6) is 0.462. The van der Waals surface area contributed by atoms with Gasteiger partial charge in [-0.05, 0) is 32.9 Å². The molecule has 0 fully saturated rings. The predicted molar refractivity (Wildman–Crippen MR) is 81.2 cm³/mol. The molecule has 0 bridgehead atoms. The van der Waals surface area contributed by atoms with Gasteiger partial charge in [-0.1, -0.05) is 28.1 Å². The molecule has 2 aromatic rings. The summed E-state index contributed by atoms with van der Waals surface area (Å²) in [6.07, 6.45) is 0. The lowest BCUT2D eigenvalue weighted by molar-refractivity contribution is 0.367. The Morgan fingerprint density at radius 3 is 2.15 bits per heavy atom. The van der Waals surface area contributed by atoms with Crippen LogP contribution in [0.15, 0.2) is 33.9 Å². The average Bonchev–Trinajstić information content (AvgIpc) is 2.73. The van der Waals surface area contributed by atoms with Crippen LogP contribution < -0.4 is 0 Å². The molecule has 0 amide bonds. The van der Waals surface area contributed by atoms with E-state index in [2.05, 4.69) is 26.1 Å². The van der Waals surface area contributed by atoms with Crippen molar-refractivity contribution >= 4 is 35.7 Å². The standard InChI is InChI=1S/C12H13BrClN3O2S/c1-12(2,3)17-10(8-4-6-9(13)7-5-8)15-16-11(17)20(14,18)19/h4-7H,1-3H3. The number of benzene rings is 1. The fourth-order valence-electron chi connectivity index (χ4n) is 1.82. The summed E-state index contributed by atoms with van der Waals surface area (Å²) in [7, 11) is 1.48. The molecule has 5 nitrogen and oxygen atoms in total. The van der Waals surface area contributed by atoms with Crippen LogP contribution in [0.25, 0.3) is 11.4 Å². The zero-order valence-corrected chi connectivity index (χ0v) is 14.3. The fraction of sp³-hybridized carbons (Fsp3) is 0.333. The maximum absolute atomic E-state index is 11.6. The van der Waals surface area contributed by atoms with Crippen molar-refractivity contribution in [1.29, 1.82) is 0 Å². The van der Waals surface area contributed by atoms with E-state index in [-0.39, 0.29) is 5.16 Å². The minimum atomic E-state index is -3.96. The molecule has 1 aromatic heterocycles. The van der Waals surface area contributed by atoms with Gasteiger partial charge in [0.15, 0.2) is 5.82 Å². The SMILES string of the molecule is CC(C)(C)n1c(-c2ccc(Br)cc2)nnc1S(=O)(=O)Cl. The van der Waals surface area contributed by atoms with E-state index in [1.807, 2.05) is 45.0 Å². The topological polar surface area (TPSA) is 64.8 Å². The average molecular weight is 379 g/mol. The lowest BCUT2D eigenvalue weighted by Crippen LogP contribution is -2.25. The minimum absolute atomic E-state index is 0.246. The molecular weight excluding hydrogens is 366 g/mol. The van der Waals surface area contributed by atoms with Gasteiger partial charge in [-0.15, -0.1) is 10.2 Å². The molecule has 0 unspecified atom stereocenters. The molecule has 0 saturated heterocycles. The van der Waals surface area contributed by atoms with E-state index in [4.69, 9.17) is 10.7 Å². The monoisotopic (exact) mass is 377 g/mol. The summed E-state index contributed by atoms with van der Waals surface area (Å²) < 4.78 is 25.7. The van der Waals surface area contributed by atoms with Gasteiger partial charge in [-0.2, -0.15) is 0 Å². The Balaban J connectivity index is 2.72. The molecule has 0 radical (unpaired) electrons. The minimum Gasteiger partial charge on any atom is -0.291 e. The van der Waals surface area contributed by atoms with E-state index < -0.39 is 14.6 Å². The lowest BCUT2D eigenvalue weighted by Gasteiger charge is -2.24. The number of hydrogen-bond donors (Lipinski definition) is 0. The van der Waals surface area contributed by atoms with Gasteiger partial charge in [-0.25, -0.2) is 8.42 Å². The van der Waals surface area contributed by atoms with Crippen molar-refractivity contribution in [2.75, 3.05) is 0 Å². The van der Waals surface area contributed by atoms with Gasteiger partial charge in [0.25, 0.3) is 14.2 Å². The Morgan fingerprint density at radius 1 is 1.15 bits per heavy atom. The third-order valence-electron chi connectivity index (χ3n) is 2.62. The van der Waals surface area contributed by atoms with E-state index >= 15 is 0 Å². The second-order valence-electron chi connectivity index (χ2n) is 5.26. The molecule has 0 saturated carbocycles. The smallest absolute Gasteiger partial charge is 0.291 e. The van der Waals surface area contributed by atoms with Crippen LogP contribution >= 0.6 is 26.6 Å². The molecule has 1 aromatic carbocycles. The largest absolute Gasteiger partial charge is 0.296 e. The van der Waals surface area contributed by atoms with Crippen molar-refractivity contribution in [2.45, 2.75) is 31.5 Å². The van der Waals surface area contributed by atoms with Gasteiger partial charge in [0.1, 0.15) is 0 Å². The van der Waals surface area contributed by atoms with E-state index in [9.17, 15) is 8.42 Å². The Kier molecular flexibility index (Phi) is 3.96. The van der Waals surface area contributed by atoms with E-state index in [1.54, 1.807) is 0 Å². The first-order chi connectivity index (χ1) is 9.10. The second kappa shape index (κ2) is 5.13. The highest BCUT2D eigenvalue weighted by Crippen LogP contribution is 2.29. The van der Waals surface area contributed by atoms with E-state index in [0.717, 1.165) is 10.0 Å². The summed E-state index contributed by atoms with van der Waals surface area (Å²) >= 11 is 3.35. The van der Waals surface area contributed by atoms with E-state index in [1.165, 1.54) is 4.57 Å². The van der Waals surface area contributed by atoms with Crippen LogP contribution in [0.4, 0.5) is 0 Å². The van der Waals surface area contributed by atoms with Crippen molar-refractivity contribution in [3.63, 3.8) is 0 Å². The predicted octanol–water partition coefficient (Wildman–Crippen LogP) is 3.39. The van der Waals surface area contributed by atoms with Crippen LogP contribution in [0.3, 0.4) is 0 Å². The Labute approximate surface area is 130 Å². The number of aromatic nitrogens is 3. The summed E-state index contributed by atoms with van der Waals surface area (Å²) in [5, 5.41) is 7.47. The molecule has 8 heteroatoms. The first-order valence-electron chi connectivity index (χ1n) is 5.77. The third kappa shape index (κ3) is 3.05. The second-order valence-corrected chi connectivity index (χ2v) is 8.63. The summed E-state index contributed by atoms with van der Waals surface area (Å²) in [5.41, 5.74) is 0.241. The Hall–Kier alpha value is -0.920. The van der Waals surface area contributed by atoms with Gasteiger partial charge >= 0.3 is 0 Å². The highest BCUT2D eigenvalue weighted by molar-refractivity contribution is 9.10. The zero-order chi connectivity index (χ0) is 15.1. The Bertz CT molecular complexity index is 733. The molecule has 0 aliphatic carbocycles. The van der Waals surface area contributed by atoms with Gasteiger partial charge in [-0.3, -0.25) is 4.57 Å².